The van der Waals surface area contributed by atoms with Gasteiger partial charge in [0.1, 0.15) is 24.1 Å². The van der Waals surface area contributed by atoms with Crippen LogP contribution >= 0.6 is 0 Å². The predicted molar refractivity (Wildman–Crippen MR) is 132 cm³/mol. The molecular weight excluding hydrogens is 426 g/mol. The summed E-state index contributed by atoms with van der Waals surface area (Å²) < 4.78 is 11.0. The largest absolute Gasteiger partial charge is 0.508 e. The molecule has 0 heterocycles. The molecule has 1 unspecified atom stereocenters. The summed E-state index contributed by atoms with van der Waals surface area (Å²) in [6, 6.07) is 35.7. The summed E-state index contributed by atoms with van der Waals surface area (Å²) in [5, 5.41) is 13.4. The van der Waals surface area contributed by atoms with Crippen LogP contribution in [0.2, 0.25) is 0 Å². The number of phenols is 1. The number of hydrogen-bond acceptors (Lipinski definition) is 5. The van der Waals surface area contributed by atoms with Crippen molar-refractivity contribution >= 4 is 5.97 Å². The Morgan fingerprint density at radius 1 is 0.794 bits per heavy atom. The van der Waals surface area contributed by atoms with Gasteiger partial charge in [-0.3, -0.25) is 10.1 Å². The topological polar surface area (TPSA) is 67.8 Å². The standard InChI is InChI=1S/C29H27NO4/c1-33-28(32)27(21-34-26-19-11-18-25(31)20-26)30-29(22-12-5-2-6-13-22,23-14-7-3-8-15-23)24-16-9-4-10-17-24/h2-20,27,30-31H,21H2,1H3. The zero-order valence-electron chi connectivity index (χ0n) is 18.9. The summed E-state index contributed by atoms with van der Waals surface area (Å²) in [4.78, 5) is 13.0. The lowest BCUT2D eigenvalue weighted by atomic mass is 9.76. The van der Waals surface area contributed by atoms with Crippen LogP contribution in [-0.4, -0.2) is 30.8 Å². The Labute approximate surface area is 199 Å². The highest BCUT2D eigenvalue weighted by Crippen LogP contribution is 2.37. The third-order valence-electron chi connectivity index (χ3n) is 5.73. The zero-order valence-corrected chi connectivity index (χ0v) is 18.9. The van der Waals surface area contributed by atoms with E-state index >= 15 is 0 Å². The second-order valence-electron chi connectivity index (χ2n) is 7.88. The van der Waals surface area contributed by atoms with Crippen LogP contribution < -0.4 is 10.1 Å². The number of methoxy groups -OCH3 is 1. The van der Waals surface area contributed by atoms with Crippen molar-refractivity contribution in [3.05, 3.63) is 132 Å². The van der Waals surface area contributed by atoms with Crippen molar-refractivity contribution < 1.29 is 19.4 Å². The molecule has 0 aliphatic rings. The molecule has 0 aliphatic heterocycles. The molecule has 0 aromatic heterocycles. The van der Waals surface area contributed by atoms with Gasteiger partial charge in [0.25, 0.3) is 0 Å². The molecule has 4 aromatic carbocycles. The molecule has 5 nitrogen and oxygen atoms in total. The van der Waals surface area contributed by atoms with Crippen molar-refractivity contribution in [2.24, 2.45) is 0 Å². The van der Waals surface area contributed by atoms with Gasteiger partial charge in [0, 0.05) is 6.07 Å². The Hall–Kier alpha value is -4.09. The molecule has 2 N–H and O–H groups in total. The first kappa shape index (κ1) is 23.1. The number of nitrogens with one attached hydrogen (secondary N) is 1. The van der Waals surface area contributed by atoms with Gasteiger partial charge in [-0.05, 0) is 28.8 Å². The maximum absolute atomic E-state index is 13.0. The summed E-state index contributed by atoms with van der Waals surface area (Å²) in [5.41, 5.74) is 2.06. The third-order valence-corrected chi connectivity index (χ3v) is 5.73. The van der Waals surface area contributed by atoms with Gasteiger partial charge in [-0.1, -0.05) is 97.1 Å². The van der Waals surface area contributed by atoms with Gasteiger partial charge in [0.05, 0.1) is 12.6 Å². The lowest BCUT2D eigenvalue weighted by Gasteiger charge is -2.39. The highest BCUT2D eigenvalue weighted by Gasteiger charge is 2.40. The molecule has 0 saturated carbocycles. The minimum absolute atomic E-state index is 0.00434. The molecule has 0 spiro atoms. The minimum atomic E-state index is -0.856. The molecule has 0 radical (unpaired) electrons. The fourth-order valence-electron chi connectivity index (χ4n) is 4.14. The summed E-state index contributed by atoms with van der Waals surface area (Å²) >= 11 is 0. The SMILES string of the molecule is COC(=O)C(COc1cccc(O)c1)NC(c1ccccc1)(c1ccccc1)c1ccccc1. The van der Waals surface area contributed by atoms with Gasteiger partial charge in [0.15, 0.2) is 0 Å². The first-order valence-electron chi connectivity index (χ1n) is 11.1. The average Bonchev–Trinajstić information content (AvgIpc) is 2.90. The van der Waals surface area contributed by atoms with Crippen molar-refractivity contribution in [3.63, 3.8) is 0 Å². The Balaban J connectivity index is 1.82. The van der Waals surface area contributed by atoms with E-state index < -0.39 is 17.6 Å². The first-order valence-corrected chi connectivity index (χ1v) is 11.1. The van der Waals surface area contributed by atoms with E-state index in [1.54, 1.807) is 18.2 Å². The second kappa shape index (κ2) is 10.7. The molecule has 4 aromatic rings. The van der Waals surface area contributed by atoms with E-state index in [4.69, 9.17) is 9.47 Å². The number of esters is 1. The smallest absolute Gasteiger partial charge is 0.326 e. The zero-order chi connectivity index (χ0) is 23.8. The lowest BCUT2D eigenvalue weighted by Crippen LogP contribution is -2.55. The summed E-state index contributed by atoms with van der Waals surface area (Å²) in [6.45, 7) is 0.00434. The first-order chi connectivity index (χ1) is 16.6. The van der Waals surface area contributed by atoms with E-state index in [1.807, 2.05) is 91.0 Å². The minimum Gasteiger partial charge on any atom is -0.508 e. The van der Waals surface area contributed by atoms with Crippen molar-refractivity contribution in [3.8, 4) is 11.5 Å². The maximum atomic E-state index is 13.0. The summed E-state index contributed by atoms with van der Waals surface area (Å²) in [5.74, 6) is 0.0973. The van der Waals surface area contributed by atoms with Crippen LogP contribution in [0, 0.1) is 0 Å². The Bertz CT molecular complexity index is 1100. The van der Waals surface area contributed by atoms with Crippen molar-refractivity contribution in [1.29, 1.82) is 0 Å². The molecule has 1 atom stereocenters. The van der Waals surface area contributed by atoms with Gasteiger partial charge >= 0.3 is 5.97 Å². The van der Waals surface area contributed by atoms with Crippen LogP contribution in [0.15, 0.2) is 115 Å². The average molecular weight is 454 g/mol. The van der Waals surface area contributed by atoms with Crippen molar-refractivity contribution in [1.82, 2.24) is 5.32 Å². The Kier molecular flexibility index (Phi) is 7.25. The molecule has 172 valence electrons. The van der Waals surface area contributed by atoms with Crippen LogP contribution in [0.4, 0.5) is 0 Å². The molecule has 0 amide bonds. The quantitative estimate of drug-likeness (QED) is 0.279. The van der Waals surface area contributed by atoms with Gasteiger partial charge in [-0.25, -0.2) is 0 Å². The third kappa shape index (κ3) is 4.95. The highest BCUT2D eigenvalue weighted by molar-refractivity contribution is 5.76. The molecule has 34 heavy (non-hydrogen) atoms. The Morgan fingerprint density at radius 3 is 1.74 bits per heavy atom. The fourth-order valence-corrected chi connectivity index (χ4v) is 4.14. The van der Waals surface area contributed by atoms with Crippen LogP contribution in [0.3, 0.4) is 0 Å². The number of ether oxygens (including phenoxy) is 2. The summed E-state index contributed by atoms with van der Waals surface area (Å²) in [6.07, 6.45) is 0. The van der Waals surface area contributed by atoms with E-state index in [2.05, 4.69) is 5.32 Å². The normalized spacial score (nSPS) is 12.0. The molecule has 5 heteroatoms. The number of carbonyl (C=O) groups excluding carboxylic acids is 1. The van der Waals surface area contributed by atoms with E-state index in [0.29, 0.717) is 5.75 Å². The van der Waals surface area contributed by atoms with Crippen molar-refractivity contribution in [2.45, 2.75) is 11.6 Å². The van der Waals surface area contributed by atoms with Gasteiger partial charge < -0.3 is 14.6 Å². The number of carbonyl (C=O) groups is 1. The monoisotopic (exact) mass is 453 g/mol. The maximum Gasteiger partial charge on any atom is 0.326 e. The van der Waals surface area contributed by atoms with Crippen LogP contribution in [0.1, 0.15) is 16.7 Å². The number of benzene rings is 4. The molecule has 4 rings (SSSR count). The number of rotatable bonds is 9. The second-order valence-corrected chi connectivity index (χ2v) is 7.88. The lowest BCUT2D eigenvalue weighted by molar-refractivity contribution is -0.144. The van der Waals surface area contributed by atoms with Crippen molar-refractivity contribution in [2.75, 3.05) is 13.7 Å². The fraction of sp³-hybridized carbons (Fsp3) is 0.138. The molecule has 0 aliphatic carbocycles. The van der Waals surface area contributed by atoms with Gasteiger partial charge in [-0.15, -0.1) is 0 Å². The van der Waals surface area contributed by atoms with E-state index in [-0.39, 0.29) is 12.4 Å². The van der Waals surface area contributed by atoms with Crippen LogP contribution in [-0.2, 0) is 15.1 Å². The summed E-state index contributed by atoms with van der Waals surface area (Å²) in [7, 11) is 1.36. The number of hydrogen-bond donors (Lipinski definition) is 2. The highest BCUT2D eigenvalue weighted by atomic mass is 16.5. The Morgan fingerprint density at radius 2 is 1.29 bits per heavy atom. The van der Waals surface area contributed by atoms with Gasteiger partial charge in [0.2, 0.25) is 0 Å². The van der Waals surface area contributed by atoms with Crippen LogP contribution in [0.25, 0.3) is 0 Å². The molecular formula is C29H27NO4. The van der Waals surface area contributed by atoms with Gasteiger partial charge in [-0.2, -0.15) is 0 Å². The van der Waals surface area contributed by atoms with E-state index in [9.17, 15) is 9.90 Å². The van der Waals surface area contributed by atoms with E-state index in [1.165, 1.54) is 13.2 Å². The number of aromatic hydroxyl groups is 1. The van der Waals surface area contributed by atoms with E-state index in [0.717, 1.165) is 16.7 Å². The molecule has 0 saturated heterocycles. The molecule has 0 bridgehead atoms. The molecule has 0 fully saturated rings. The van der Waals surface area contributed by atoms with Crippen LogP contribution in [0.5, 0.6) is 11.5 Å². The number of phenolic OH excluding ortho intramolecular Hbond substituents is 1. The predicted octanol–water partition coefficient (Wildman–Crippen LogP) is 4.89.